The first kappa shape index (κ1) is 14.5. The molecule has 0 radical (unpaired) electrons. The summed E-state index contributed by atoms with van der Waals surface area (Å²) >= 11 is 1.80. The topological polar surface area (TPSA) is 32.5 Å². The van der Waals surface area contributed by atoms with E-state index in [1.54, 1.807) is 11.3 Å². The third kappa shape index (κ3) is 4.05. The van der Waals surface area contributed by atoms with E-state index in [1.165, 1.54) is 24.3 Å². The van der Waals surface area contributed by atoms with Gasteiger partial charge in [0.25, 0.3) is 0 Å². The first-order valence-electron chi connectivity index (χ1n) is 6.84. The molecule has 2 rings (SSSR count). The molecule has 1 saturated heterocycles. The third-order valence-electron chi connectivity index (χ3n) is 3.65. The van der Waals surface area contributed by atoms with Crippen molar-refractivity contribution in [3.8, 4) is 11.8 Å². The first-order valence-corrected chi connectivity index (χ1v) is 7.72. The van der Waals surface area contributed by atoms with Gasteiger partial charge in [-0.2, -0.15) is 0 Å². The minimum atomic E-state index is 0.432. The molecular weight excluding hydrogens is 254 g/mol. The van der Waals surface area contributed by atoms with E-state index in [0.717, 1.165) is 18.7 Å². The number of rotatable bonds is 3. The predicted molar refractivity (Wildman–Crippen MR) is 82.2 cm³/mol. The summed E-state index contributed by atoms with van der Waals surface area (Å²) in [7, 11) is 4.36. The van der Waals surface area contributed by atoms with E-state index in [9.17, 15) is 0 Å². The van der Waals surface area contributed by atoms with Crippen molar-refractivity contribution < 1.29 is 0 Å². The van der Waals surface area contributed by atoms with Gasteiger partial charge >= 0.3 is 0 Å². The largest absolute Gasteiger partial charge is 0.320 e. The number of nitrogens with zero attached hydrogens (tertiary/aromatic N) is 2. The highest BCUT2D eigenvalue weighted by molar-refractivity contribution is 7.10. The highest BCUT2D eigenvalue weighted by atomic mass is 32.1. The Morgan fingerprint density at radius 2 is 2.37 bits per heavy atom. The molecular formula is C15H23N3S. The van der Waals surface area contributed by atoms with Gasteiger partial charge in [-0.15, -0.1) is 11.3 Å². The Hall–Kier alpha value is -0.860. The summed E-state index contributed by atoms with van der Waals surface area (Å²) in [6, 6.07) is 2.79. The van der Waals surface area contributed by atoms with Gasteiger partial charge in [0.1, 0.15) is 0 Å². The number of hydrogen-bond acceptors (Lipinski definition) is 4. The molecule has 1 aliphatic heterocycles. The molecule has 104 valence electrons. The van der Waals surface area contributed by atoms with Crippen LogP contribution in [0.15, 0.2) is 11.4 Å². The lowest BCUT2D eigenvalue weighted by atomic mass is 10.0. The minimum absolute atomic E-state index is 0.432. The first-order chi connectivity index (χ1) is 9.20. The third-order valence-corrected chi connectivity index (χ3v) is 4.55. The number of hydrogen-bond donors (Lipinski definition) is 1. The molecule has 1 aliphatic rings. The number of thiophene rings is 1. The van der Waals surface area contributed by atoms with Crippen molar-refractivity contribution in [3.05, 3.63) is 21.9 Å². The lowest BCUT2D eigenvalue weighted by molar-refractivity contribution is 0.128. The van der Waals surface area contributed by atoms with Crippen molar-refractivity contribution in [1.82, 2.24) is 9.80 Å². The van der Waals surface area contributed by atoms with Crippen molar-refractivity contribution >= 4 is 11.3 Å². The van der Waals surface area contributed by atoms with Crippen LogP contribution in [-0.2, 0) is 6.54 Å². The van der Waals surface area contributed by atoms with Crippen LogP contribution < -0.4 is 5.73 Å². The van der Waals surface area contributed by atoms with Crippen LogP contribution in [0.3, 0.4) is 0 Å². The summed E-state index contributed by atoms with van der Waals surface area (Å²) in [6.45, 7) is 3.82. The van der Waals surface area contributed by atoms with Crippen LogP contribution in [0, 0.1) is 11.8 Å². The lowest BCUT2D eigenvalue weighted by Crippen LogP contribution is -2.44. The molecule has 1 fully saturated rings. The molecule has 1 aromatic rings. The molecule has 4 heteroatoms. The van der Waals surface area contributed by atoms with Crippen LogP contribution in [0.2, 0.25) is 0 Å². The van der Waals surface area contributed by atoms with Gasteiger partial charge in [-0.05, 0) is 44.9 Å². The van der Waals surface area contributed by atoms with Crippen molar-refractivity contribution in [3.63, 3.8) is 0 Å². The van der Waals surface area contributed by atoms with Gasteiger partial charge in [-0.25, -0.2) is 0 Å². The van der Waals surface area contributed by atoms with Crippen LogP contribution in [0.1, 0.15) is 23.3 Å². The second-order valence-corrected chi connectivity index (χ2v) is 6.26. The van der Waals surface area contributed by atoms with Gasteiger partial charge in [-0.3, -0.25) is 4.90 Å². The molecule has 0 saturated carbocycles. The zero-order valence-electron chi connectivity index (χ0n) is 11.9. The fourth-order valence-corrected chi connectivity index (χ4v) is 3.39. The predicted octanol–water partition coefficient (Wildman–Crippen LogP) is 1.58. The number of likely N-dealkylation sites (tertiary alicyclic amines) is 1. The normalized spacial score (nSPS) is 20.3. The minimum Gasteiger partial charge on any atom is -0.320 e. The summed E-state index contributed by atoms with van der Waals surface area (Å²) in [5.74, 6) is 6.13. The standard InChI is InChI=1S/C15H23N3S/c1-17(2)14-6-4-9-18(11-14)12-15-13(5-3-8-16)7-10-19-15/h7,10,14H,4,6,8-9,11-12,16H2,1-2H3. The molecule has 1 unspecified atom stereocenters. The molecule has 0 amide bonds. The maximum absolute atomic E-state index is 5.44. The molecule has 0 aliphatic carbocycles. The van der Waals surface area contributed by atoms with Crippen LogP contribution in [0.5, 0.6) is 0 Å². The number of piperidine rings is 1. The van der Waals surface area contributed by atoms with E-state index >= 15 is 0 Å². The summed E-state index contributed by atoms with van der Waals surface area (Å²) in [6.07, 6.45) is 2.60. The van der Waals surface area contributed by atoms with Crippen molar-refractivity contribution in [1.29, 1.82) is 0 Å². The summed E-state index contributed by atoms with van der Waals surface area (Å²) in [5, 5.41) is 2.13. The molecule has 3 nitrogen and oxygen atoms in total. The Morgan fingerprint density at radius 3 is 3.11 bits per heavy atom. The fourth-order valence-electron chi connectivity index (χ4n) is 2.52. The highest BCUT2D eigenvalue weighted by Gasteiger charge is 2.22. The van der Waals surface area contributed by atoms with Crippen molar-refractivity contribution in [2.75, 3.05) is 33.7 Å². The SMILES string of the molecule is CN(C)C1CCCN(Cc2sccc2C#CCN)C1. The van der Waals surface area contributed by atoms with Crippen molar-refractivity contribution in [2.24, 2.45) is 5.73 Å². The zero-order valence-corrected chi connectivity index (χ0v) is 12.7. The monoisotopic (exact) mass is 277 g/mol. The summed E-state index contributed by atoms with van der Waals surface area (Å²) < 4.78 is 0. The van der Waals surface area contributed by atoms with E-state index in [1.807, 2.05) is 0 Å². The Balaban J connectivity index is 1.99. The Kier molecular flexibility index (Phi) is 5.41. The molecule has 2 heterocycles. The number of nitrogens with two attached hydrogens (primary N) is 1. The zero-order chi connectivity index (χ0) is 13.7. The number of likely N-dealkylation sites (N-methyl/N-ethyl adjacent to an activating group) is 1. The van der Waals surface area contributed by atoms with E-state index < -0.39 is 0 Å². The average Bonchev–Trinajstić information content (AvgIpc) is 2.84. The van der Waals surface area contributed by atoms with Gasteiger partial charge in [-0.1, -0.05) is 11.8 Å². The Morgan fingerprint density at radius 1 is 1.53 bits per heavy atom. The molecule has 1 atom stereocenters. The highest BCUT2D eigenvalue weighted by Crippen LogP contribution is 2.21. The van der Waals surface area contributed by atoms with E-state index in [-0.39, 0.29) is 0 Å². The van der Waals surface area contributed by atoms with Gasteiger partial charge in [0.05, 0.1) is 6.54 Å². The smallest absolute Gasteiger partial charge is 0.0555 e. The van der Waals surface area contributed by atoms with Crippen LogP contribution in [0.4, 0.5) is 0 Å². The molecule has 0 spiro atoms. The van der Waals surface area contributed by atoms with E-state index in [0.29, 0.717) is 12.6 Å². The second-order valence-electron chi connectivity index (χ2n) is 5.26. The Labute approximate surface area is 120 Å². The second kappa shape index (κ2) is 7.06. The summed E-state index contributed by atoms with van der Waals surface area (Å²) in [5.41, 5.74) is 6.60. The molecule has 0 aromatic carbocycles. The quantitative estimate of drug-likeness (QED) is 0.852. The van der Waals surface area contributed by atoms with E-state index in [2.05, 4.69) is 47.2 Å². The van der Waals surface area contributed by atoms with Gasteiger partial charge in [0.2, 0.25) is 0 Å². The van der Waals surface area contributed by atoms with Gasteiger partial charge in [0, 0.05) is 29.6 Å². The maximum Gasteiger partial charge on any atom is 0.0555 e. The van der Waals surface area contributed by atoms with Crippen molar-refractivity contribution in [2.45, 2.75) is 25.4 Å². The molecule has 1 aromatic heterocycles. The Bertz CT molecular complexity index is 455. The maximum atomic E-state index is 5.44. The molecule has 19 heavy (non-hydrogen) atoms. The summed E-state index contributed by atoms with van der Waals surface area (Å²) in [4.78, 5) is 6.27. The van der Waals surface area contributed by atoms with E-state index in [4.69, 9.17) is 5.73 Å². The van der Waals surface area contributed by atoms with Crippen LogP contribution in [0.25, 0.3) is 0 Å². The van der Waals surface area contributed by atoms with Crippen LogP contribution >= 0.6 is 11.3 Å². The lowest BCUT2D eigenvalue weighted by Gasteiger charge is -2.36. The average molecular weight is 277 g/mol. The molecule has 0 bridgehead atoms. The fraction of sp³-hybridized carbons (Fsp3) is 0.600. The van der Waals surface area contributed by atoms with Crippen LogP contribution in [-0.4, -0.2) is 49.6 Å². The molecule has 2 N–H and O–H groups in total. The van der Waals surface area contributed by atoms with Gasteiger partial charge in [0.15, 0.2) is 0 Å². The van der Waals surface area contributed by atoms with Gasteiger partial charge < -0.3 is 10.6 Å².